The minimum Gasteiger partial charge on any atom is -0.478 e. The maximum Gasteiger partial charge on any atom is 0.335 e. The predicted molar refractivity (Wildman–Crippen MR) is 110 cm³/mol. The Kier molecular flexibility index (Phi) is 7.20. The van der Waals surface area contributed by atoms with E-state index < -0.39 is 12.1 Å². The number of carbonyl (C=O) groups is 1. The highest BCUT2D eigenvalue weighted by atomic mass is 16.4. The second-order valence-corrected chi connectivity index (χ2v) is 7.87. The van der Waals surface area contributed by atoms with Gasteiger partial charge in [-0.3, -0.25) is 0 Å². The molecule has 0 amide bonds. The number of rotatable bonds is 8. The van der Waals surface area contributed by atoms with Gasteiger partial charge in [0.1, 0.15) is 0 Å². The Balaban J connectivity index is 1.40. The van der Waals surface area contributed by atoms with Crippen LogP contribution in [0.5, 0.6) is 0 Å². The van der Waals surface area contributed by atoms with Crippen LogP contribution in [0.4, 0.5) is 0 Å². The number of nitrogens with zero attached hydrogens (tertiary/aromatic N) is 2. The molecule has 1 saturated heterocycles. The maximum absolute atomic E-state index is 10.9. The summed E-state index contributed by atoms with van der Waals surface area (Å²) in [5.74, 6) is -0.225. The van der Waals surface area contributed by atoms with Crippen molar-refractivity contribution in [3.8, 4) is 0 Å². The van der Waals surface area contributed by atoms with Crippen LogP contribution in [0.1, 0.15) is 40.4 Å². The summed E-state index contributed by atoms with van der Waals surface area (Å²) in [5.41, 5.74) is 2.45. The Morgan fingerprint density at radius 1 is 1.11 bits per heavy atom. The lowest BCUT2D eigenvalue weighted by molar-refractivity contribution is 0.0696. The number of carboxylic acid groups (broad SMARTS) is 1. The monoisotopic (exact) mass is 382 g/mol. The van der Waals surface area contributed by atoms with E-state index >= 15 is 0 Å². The van der Waals surface area contributed by atoms with E-state index in [0.29, 0.717) is 18.0 Å². The van der Waals surface area contributed by atoms with Gasteiger partial charge < -0.3 is 20.0 Å². The molecule has 1 fully saturated rings. The molecule has 1 aliphatic heterocycles. The van der Waals surface area contributed by atoms with E-state index in [0.717, 1.165) is 50.1 Å². The zero-order chi connectivity index (χ0) is 19.9. The van der Waals surface area contributed by atoms with Gasteiger partial charge in [-0.05, 0) is 62.2 Å². The van der Waals surface area contributed by atoms with E-state index in [4.69, 9.17) is 5.11 Å². The van der Waals surface area contributed by atoms with Crippen molar-refractivity contribution < 1.29 is 15.0 Å². The molecule has 150 valence electrons. The molecule has 0 spiro atoms. The highest BCUT2D eigenvalue weighted by molar-refractivity contribution is 5.87. The Hall–Kier alpha value is -2.21. The third kappa shape index (κ3) is 5.89. The van der Waals surface area contributed by atoms with Gasteiger partial charge in [0.05, 0.1) is 11.7 Å². The molecule has 0 radical (unpaired) electrons. The van der Waals surface area contributed by atoms with E-state index in [-0.39, 0.29) is 0 Å². The molecule has 1 atom stereocenters. The normalized spacial score (nSPS) is 17.0. The van der Waals surface area contributed by atoms with Crippen LogP contribution < -0.4 is 0 Å². The van der Waals surface area contributed by atoms with Gasteiger partial charge in [0.2, 0.25) is 0 Å². The average Bonchev–Trinajstić information content (AvgIpc) is 2.70. The standard InChI is InChI=1S/C23H30N2O3/c1-24(15-18-7-9-21(10-8-18)23(27)28)16-19-11-13-25(14-12-19)17-22(26)20-5-3-2-4-6-20/h2-10,19,22,26H,11-17H2,1H3,(H,27,28). The summed E-state index contributed by atoms with van der Waals surface area (Å²) in [7, 11) is 2.12. The number of hydrogen-bond acceptors (Lipinski definition) is 4. The summed E-state index contributed by atoms with van der Waals surface area (Å²) >= 11 is 0. The number of benzene rings is 2. The molecule has 5 heteroatoms. The van der Waals surface area contributed by atoms with Gasteiger partial charge in [-0.2, -0.15) is 0 Å². The first-order valence-electron chi connectivity index (χ1n) is 9.97. The van der Waals surface area contributed by atoms with E-state index in [9.17, 15) is 9.90 Å². The number of hydrogen-bond donors (Lipinski definition) is 2. The summed E-state index contributed by atoms with van der Waals surface area (Å²) in [6, 6.07) is 17.0. The molecule has 2 aromatic rings. The number of aromatic carboxylic acids is 1. The van der Waals surface area contributed by atoms with Crippen LogP contribution in [0.15, 0.2) is 54.6 Å². The lowest BCUT2D eigenvalue weighted by atomic mass is 9.95. The minimum absolute atomic E-state index is 0.330. The molecular weight excluding hydrogens is 352 g/mol. The van der Waals surface area contributed by atoms with Crippen molar-refractivity contribution in [1.82, 2.24) is 9.80 Å². The molecule has 1 aliphatic rings. The SMILES string of the molecule is CN(Cc1ccc(C(=O)O)cc1)CC1CCN(CC(O)c2ccccc2)CC1. The van der Waals surface area contributed by atoms with Gasteiger partial charge in [0, 0.05) is 19.6 Å². The zero-order valence-corrected chi connectivity index (χ0v) is 16.5. The summed E-state index contributed by atoms with van der Waals surface area (Å²) < 4.78 is 0. The van der Waals surface area contributed by atoms with Crippen LogP contribution in [0.2, 0.25) is 0 Å². The van der Waals surface area contributed by atoms with Gasteiger partial charge in [-0.15, -0.1) is 0 Å². The fourth-order valence-corrected chi connectivity index (χ4v) is 3.95. The van der Waals surface area contributed by atoms with E-state index in [1.807, 2.05) is 42.5 Å². The number of aliphatic hydroxyl groups excluding tert-OH is 1. The smallest absolute Gasteiger partial charge is 0.335 e. The van der Waals surface area contributed by atoms with Crippen LogP contribution in [0.3, 0.4) is 0 Å². The van der Waals surface area contributed by atoms with Crippen molar-refractivity contribution in [3.05, 3.63) is 71.3 Å². The fraction of sp³-hybridized carbons (Fsp3) is 0.435. The summed E-state index contributed by atoms with van der Waals surface area (Å²) in [4.78, 5) is 15.6. The molecule has 1 heterocycles. The largest absolute Gasteiger partial charge is 0.478 e. The zero-order valence-electron chi connectivity index (χ0n) is 16.5. The van der Waals surface area contributed by atoms with Crippen LogP contribution in [0, 0.1) is 5.92 Å². The molecule has 2 N–H and O–H groups in total. The first-order valence-corrected chi connectivity index (χ1v) is 9.97. The third-order valence-corrected chi connectivity index (χ3v) is 5.55. The lowest BCUT2D eigenvalue weighted by Crippen LogP contribution is -2.39. The second kappa shape index (κ2) is 9.82. The van der Waals surface area contributed by atoms with Crippen LogP contribution >= 0.6 is 0 Å². The molecule has 0 aliphatic carbocycles. The van der Waals surface area contributed by atoms with Crippen molar-refractivity contribution in [2.75, 3.05) is 33.2 Å². The van der Waals surface area contributed by atoms with E-state index in [1.165, 1.54) is 0 Å². The van der Waals surface area contributed by atoms with Crippen molar-refractivity contribution in [3.63, 3.8) is 0 Å². The molecule has 0 aromatic heterocycles. The first-order chi connectivity index (χ1) is 13.5. The molecule has 5 nitrogen and oxygen atoms in total. The van der Waals surface area contributed by atoms with Crippen LogP contribution in [0.25, 0.3) is 0 Å². The fourth-order valence-electron chi connectivity index (χ4n) is 3.95. The molecule has 1 unspecified atom stereocenters. The number of β-amino-alcohol motifs (C(OH)–C–C–N with tert-alkyl or cyclic N) is 1. The minimum atomic E-state index is -0.885. The van der Waals surface area contributed by atoms with Gasteiger partial charge >= 0.3 is 5.97 Å². The van der Waals surface area contributed by atoms with Crippen LogP contribution in [-0.4, -0.2) is 59.2 Å². The van der Waals surface area contributed by atoms with Gasteiger partial charge in [0.15, 0.2) is 0 Å². The Morgan fingerprint density at radius 3 is 2.36 bits per heavy atom. The Morgan fingerprint density at radius 2 is 1.75 bits per heavy atom. The number of piperidine rings is 1. The predicted octanol–water partition coefficient (Wildman–Crippen LogP) is 3.26. The highest BCUT2D eigenvalue weighted by Crippen LogP contribution is 2.22. The van der Waals surface area contributed by atoms with E-state index in [1.54, 1.807) is 12.1 Å². The molecule has 0 saturated carbocycles. The molecule has 3 rings (SSSR count). The van der Waals surface area contributed by atoms with Gasteiger partial charge in [-0.25, -0.2) is 4.79 Å². The topological polar surface area (TPSA) is 64.0 Å². The maximum atomic E-state index is 10.9. The number of aliphatic hydroxyl groups is 1. The lowest BCUT2D eigenvalue weighted by Gasteiger charge is -2.35. The quantitative estimate of drug-likeness (QED) is 0.734. The number of likely N-dealkylation sites (tertiary alicyclic amines) is 1. The molecule has 2 aromatic carbocycles. The van der Waals surface area contributed by atoms with Crippen molar-refractivity contribution in [2.24, 2.45) is 5.92 Å². The first kappa shape index (κ1) is 20.5. The van der Waals surface area contributed by atoms with Gasteiger partial charge in [0.25, 0.3) is 0 Å². The molecule has 0 bridgehead atoms. The summed E-state index contributed by atoms with van der Waals surface area (Å²) in [6.45, 7) is 4.61. The van der Waals surface area contributed by atoms with Crippen molar-refractivity contribution >= 4 is 5.97 Å². The van der Waals surface area contributed by atoms with Gasteiger partial charge in [-0.1, -0.05) is 42.5 Å². The Bertz CT molecular complexity index is 740. The summed E-state index contributed by atoms with van der Waals surface area (Å²) in [5, 5.41) is 19.4. The number of carboxylic acids is 1. The summed E-state index contributed by atoms with van der Waals surface area (Å²) in [6.07, 6.45) is 1.86. The van der Waals surface area contributed by atoms with Crippen LogP contribution in [-0.2, 0) is 6.54 Å². The molecule has 28 heavy (non-hydrogen) atoms. The highest BCUT2D eigenvalue weighted by Gasteiger charge is 2.22. The van der Waals surface area contributed by atoms with Crippen molar-refractivity contribution in [1.29, 1.82) is 0 Å². The second-order valence-electron chi connectivity index (χ2n) is 7.87. The Labute approximate surface area is 167 Å². The third-order valence-electron chi connectivity index (χ3n) is 5.55. The van der Waals surface area contributed by atoms with Crippen molar-refractivity contribution in [2.45, 2.75) is 25.5 Å². The van der Waals surface area contributed by atoms with E-state index in [2.05, 4.69) is 16.8 Å². The average molecular weight is 383 g/mol. The molecular formula is C23H30N2O3.